The van der Waals surface area contributed by atoms with Crippen molar-refractivity contribution in [3.63, 3.8) is 0 Å². The molecule has 0 amide bonds. The van der Waals surface area contributed by atoms with Crippen LogP contribution >= 0.6 is 11.6 Å². The topological polar surface area (TPSA) is 78.9 Å². The van der Waals surface area contributed by atoms with E-state index in [9.17, 15) is 4.39 Å². The molecule has 1 aromatic carbocycles. The summed E-state index contributed by atoms with van der Waals surface area (Å²) in [6, 6.07) is 9.89. The van der Waals surface area contributed by atoms with Crippen LogP contribution in [0.2, 0.25) is 5.02 Å². The fourth-order valence-corrected chi connectivity index (χ4v) is 2.74. The zero-order valence-corrected chi connectivity index (χ0v) is 14.2. The second-order valence-corrected chi connectivity index (χ2v) is 5.95. The van der Waals surface area contributed by atoms with Crippen molar-refractivity contribution in [2.75, 3.05) is 5.73 Å². The van der Waals surface area contributed by atoms with Gasteiger partial charge in [-0.15, -0.1) is 0 Å². The van der Waals surface area contributed by atoms with Crippen LogP contribution in [-0.4, -0.2) is 19.7 Å². The molecule has 2 N–H and O–H groups in total. The summed E-state index contributed by atoms with van der Waals surface area (Å²) in [6.45, 7) is 0.156. The molecule has 0 unspecified atom stereocenters. The molecule has 3 heterocycles. The van der Waals surface area contributed by atoms with Crippen molar-refractivity contribution < 1.29 is 9.13 Å². The smallest absolute Gasteiger partial charge is 0.166 e. The molecule has 0 spiro atoms. The SMILES string of the molecule is Nc1nc2cc(Cl)c(F)cc2cc1OCc1ncccc1-n1cccn1. The van der Waals surface area contributed by atoms with Crippen molar-refractivity contribution in [1.82, 2.24) is 19.7 Å². The molecule has 130 valence electrons. The third-order valence-corrected chi connectivity index (χ3v) is 4.12. The molecule has 4 aromatic rings. The molecular weight excluding hydrogens is 357 g/mol. The monoisotopic (exact) mass is 369 g/mol. The summed E-state index contributed by atoms with van der Waals surface area (Å²) in [5.41, 5.74) is 7.93. The van der Waals surface area contributed by atoms with Gasteiger partial charge in [-0.1, -0.05) is 11.6 Å². The number of hydrogen-bond acceptors (Lipinski definition) is 5. The Balaban J connectivity index is 1.65. The Morgan fingerprint density at radius 1 is 1.19 bits per heavy atom. The number of benzene rings is 1. The van der Waals surface area contributed by atoms with Gasteiger partial charge in [0.05, 0.1) is 16.2 Å². The van der Waals surface area contributed by atoms with Gasteiger partial charge < -0.3 is 10.5 Å². The first-order chi connectivity index (χ1) is 12.6. The Kier molecular flexibility index (Phi) is 4.14. The minimum atomic E-state index is -0.526. The fraction of sp³-hybridized carbons (Fsp3) is 0.0556. The van der Waals surface area contributed by atoms with Crippen molar-refractivity contribution in [2.45, 2.75) is 6.61 Å². The number of nitrogens with two attached hydrogens (primary N) is 1. The van der Waals surface area contributed by atoms with Gasteiger partial charge in [0.25, 0.3) is 0 Å². The molecule has 0 radical (unpaired) electrons. The summed E-state index contributed by atoms with van der Waals surface area (Å²) >= 11 is 5.78. The summed E-state index contributed by atoms with van der Waals surface area (Å²) in [7, 11) is 0. The number of nitrogens with zero attached hydrogens (tertiary/aromatic N) is 4. The number of nitrogen functional groups attached to an aromatic ring is 1. The molecule has 0 atom stereocenters. The van der Waals surface area contributed by atoms with Crippen LogP contribution < -0.4 is 10.5 Å². The number of hydrogen-bond donors (Lipinski definition) is 1. The van der Waals surface area contributed by atoms with Crippen LogP contribution in [0.15, 0.2) is 55.0 Å². The molecule has 4 rings (SSSR count). The van der Waals surface area contributed by atoms with Gasteiger partial charge in [0.15, 0.2) is 11.6 Å². The summed E-state index contributed by atoms with van der Waals surface area (Å²) in [5, 5.41) is 4.75. The number of pyridine rings is 2. The maximum absolute atomic E-state index is 13.7. The molecule has 0 saturated heterocycles. The molecule has 0 aliphatic carbocycles. The Morgan fingerprint density at radius 3 is 2.88 bits per heavy atom. The number of fused-ring (bicyclic) bond motifs is 1. The highest BCUT2D eigenvalue weighted by Gasteiger charge is 2.11. The average molecular weight is 370 g/mol. The third kappa shape index (κ3) is 3.04. The molecule has 0 aliphatic heterocycles. The number of halogens is 2. The molecule has 0 fully saturated rings. The van der Waals surface area contributed by atoms with E-state index in [1.165, 1.54) is 12.1 Å². The van der Waals surface area contributed by atoms with Gasteiger partial charge in [0.2, 0.25) is 0 Å². The van der Waals surface area contributed by atoms with E-state index in [-0.39, 0.29) is 17.4 Å². The number of aromatic nitrogens is 4. The van der Waals surface area contributed by atoms with E-state index >= 15 is 0 Å². The lowest BCUT2D eigenvalue weighted by Gasteiger charge is -2.12. The highest BCUT2D eigenvalue weighted by atomic mass is 35.5. The van der Waals surface area contributed by atoms with Gasteiger partial charge in [-0.05, 0) is 36.4 Å². The summed E-state index contributed by atoms with van der Waals surface area (Å²) in [6.07, 6.45) is 5.17. The largest absolute Gasteiger partial charge is 0.483 e. The van der Waals surface area contributed by atoms with Crippen LogP contribution in [0.5, 0.6) is 5.75 Å². The lowest BCUT2D eigenvalue weighted by Crippen LogP contribution is -2.07. The number of rotatable bonds is 4. The van der Waals surface area contributed by atoms with Crippen molar-refractivity contribution >= 4 is 28.3 Å². The number of anilines is 1. The third-order valence-electron chi connectivity index (χ3n) is 3.83. The van der Waals surface area contributed by atoms with E-state index < -0.39 is 5.82 Å². The van der Waals surface area contributed by atoms with E-state index in [1.54, 1.807) is 23.1 Å². The first-order valence-electron chi connectivity index (χ1n) is 7.74. The lowest BCUT2D eigenvalue weighted by molar-refractivity contribution is 0.302. The van der Waals surface area contributed by atoms with Gasteiger partial charge in [-0.25, -0.2) is 14.1 Å². The second kappa shape index (κ2) is 6.61. The zero-order valence-electron chi connectivity index (χ0n) is 13.4. The molecule has 0 saturated carbocycles. The van der Waals surface area contributed by atoms with Crippen molar-refractivity contribution in [1.29, 1.82) is 0 Å². The molecule has 0 aliphatic rings. The minimum absolute atomic E-state index is 0.00424. The van der Waals surface area contributed by atoms with E-state index in [1.807, 2.05) is 24.4 Å². The van der Waals surface area contributed by atoms with Crippen molar-refractivity contribution in [2.24, 2.45) is 0 Å². The second-order valence-electron chi connectivity index (χ2n) is 5.54. The van der Waals surface area contributed by atoms with E-state index in [2.05, 4.69) is 15.1 Å². The highest BCUT2D eigenvalue weighted by Crippen LogP contribution is 2.29. The van der Waals surface area contributed by atoms with Crippen LogP contribution in [0.1, 0.15) is 5.69 Å². The van der Waals surface area contributed by atoms with Crippen LogP contribution in [0, 0.1) is 5.82 Å². The number of ether oxygens (including phenoxy) is 1. The lowest BCUT2D eigenvalue weighted by atomic mass is 10.2. The summed E-state index contributed by atoms with van der Waals surface area (Å²) in [4.78, 5) is 8.57. The van der Waals surface area contributed by atoms with Gasteiger partial charge in [-0.2, -0.15) is 5.10 Å². The molecular formula is C18H13ClFN5O. The Bertz CT molecular complexity index is 1080. The van der Waals surface area contributed by atoms with E-state index in [0.717, 1.165) is 5.69 Å². The van der Waals surface area contributed by atoms with Gasteiger partial charge in [0.1, 0.15) is 18.1 Å². The predicted octanol–water partition coefficient (Wildman–Crippen LogP) is 3.77. The first-order valence-corrected chi connectivity index (χ1v) is 8.11. The van der Waals surface area contributed by atoms with Crippen molar-refractivity contribution in [3.05, 3.63) is 71.5 Å². The summed E-state index contributed by atoms with van der Waals surface area (Å²) < 4.78 is 21.2. The maximum atomic E-state index is 13.7. The minimum Gasteiger partial charge on any atom is -0.483 e. The van der Waals surface area contributed by atoms with Gasteiger partial charge >= 0.3 is 0 Å². The molecule has 3 aromatic heterocycles. The van der Waals surface area contributed by atoms with Crippen LogP contribution in [0.25, 0.3) is 16.6 Å². The predicted molar refractivity (Wildman–Crippen MR) is 96.8 cm³/mol. The molecule has 26 heavy (non-hydrogen) atoms. The molecule has 8 heteroatoms. The Hall–Kier alpha value is -3.19. The zero-order chi connectivity index (χ0) is 18.1. The Morgan fingerprint density at radius 2 is 2.08 bits per heavy atom. The molecule has 6 nitrogen and oxygen atoms in total. The average Bonchev–Trinajstić information content (AvgIpc) is 3.16. The van der Waals surface area contributed by atoms with Gasteiger partial charge in [-0.3, -0.25) is 4.98 Å². The summed E-state index contributed by atoms with van der Waals surface area (Å²) in [5.74, 6) is 0.00965. The highest BCUT2D eigenvalue weighted by molar-refractivity contribution is 6.31. The van der Waals surface area contributed by atoms with Crippen LogP contribution in [0.4, 0.5) is 10.2 Å². The van der Waals surface area contributed by atoms with Gasteiger partial charge in [0, 0.05) is 24.0 Å². The standard InChI is InChI=1S/C18H13ClFN5O/c19-12-9-14-11(7-13(12)20)8-17(18(21)24-14)26-10-15-16(3-1-4-22-15)25-6-2-5-23-25/h1-9H,10H2,(H2,21,24). The van der Waals surface area contributed by atoms with E-state index in [4.69, 9.17) is 22.1 Å². The Labute approximate surface area is 153 Å². The fourth-order valence-electron chi connectivity index (χ4n) is 2.59. The maximum Gasteiger partial charge on any atom is 0.166 e. The normalized spacial score (nSPS) is 11.0. The van der Waals surface area contributed by atoms with E-state index in [0.29, 0.717) is 22.3 Å². The molecule has 0 bridgehead atoms. The quantitative estimate of drug-likeness (QED) is 0.592. The first kappa shape index (κ1) is 16.3. The van der Waals surface area contributed by atoms with Crippen LogP contribution in [0.3, 0.4) is 0 Å². The van der Waals surface area contributed by atoms with Crippen LogP contribution in [-0.2, 0) is 6.61 Å². The van der Waals surface area contributed by atoms with Crippen molar-refractivity contribution in [3.8, 4) is 11.4 Å².